The van der Waals surface area contributed by atoms with Crippen LogP contribution < -0.4 is 15.4 Å². The first-order valence-corrected chi connectivity index (χ1v) is 8.61. The minimum absolute atomic E-state index is 0.273. The second kappa shape index (κ2) is 8.13. The third-order valence-corrected chi connectivity index (χ3v) is 4.13. The molecule has 0 spiro atoms. The largest absolute Gasteiger partial charge is 0.457 e. The van der Waals surface area contributed by atoms with Crippen molar-refractivity contribution >= 4 is 23.0 Å². The normalized spacial score (nSPS) is 16.6. The van der Waals surface area contributed by atoms with Crippen molar-refractivity contribution in [1.82, 2.24) is 5.32 Å². The zero-order valence-corrected chi connectivity index (χ0v) is 14.6. The average Bonchev–Trinajstić information content (AvgIpc) is 3.10. The van der Waals surface area contributed by atoms with E-state index < -0.39 is 0 Å². The second-order valence-corrected chi connectivity index (χ2v) is 6.32. The summed E-state index contributed by atoms with van der Waals surface area (Å²) in [4.78, 5) is 0. The van der Waals surface area contributed by atoms with Crippen LogP contribution in [-0.2, 0) is 4.74 Å². The highest BCUT2D eigenvalue weighted by Gasteiger charge is 2.15. The minimum atomic E-state index is 0.273. The van der Waals surface area contributed by atoms with Crippen molar-refractivity contribution in [3.05, 3.63) is 54.1 Å². The van der Waals surface area contributed by atoms with Gasteiger partial charge in [0.2, 0.25) is 0 Å². The predicted molar refractivity (Wildman–Crippen MR) is 101 cm³/mol. The molecule has 0 amide bonds. The van der Waals surface area contributed by atoms with Crippen LogP contribution in [0.4, 0.5) is 5.69 Å². The van der Waals surface area contributed by atoms with Gasteiger partial charge in [-0.3, -0.25) is 0 Å². The number of thiocarbonyl (C=S) groups is 1. The molecule has 24 heavy (non-hydrogen) atoms. The van der Waals surface area contributed by atoms with Gasteiger partial charge in [0.1, 0.15) is 11.5 Å². The van der Waals surface area contributed by atoms with Gasteiger partial charge in [-0.05, 0) is 68.4 Å². The highest BCUT2D eigenvalue weighted by atomic mass is 32.1. The zero-order chi connectivity index (χ0) is 16.8. The van der Waals surface area contributed by atoms with Crippen LogP contribution in [0.15, 0.2) is 48.5 Å². The fourth-order valence-corrected chi connectivity index (χ4v) is 2.74. The summed E-state index contributed by atoms with van der Waals surface area (Å²) in [6, 6.07) is 15.7. The minimum Gasteiger partial charge on any atom is -0.457 e. The Bertz CT molecular complexity index is 665. The van der Waals surface area contributed by atoms with Crippen molar-refractivity contribution in [2.24, 2.45) is 0 Å². The van der Waals surface area contributed by atoms with Gasteiger partial charge in [-0.15, -0.1) is 0 Å². The van der Waals surface area contributed by atoms with E-state index in [1.165, 1.54) is 5.56 Å². The lowest BCUT2D eigenvalue weighted by Gasteiger charge is -2.14. The lowest BCUT2D eigenvalue weighted by molar-refractivity contribution is 0.114. The van der Waals surface area contributed by atoms with E-state index in [9.17, 15) is 0 Å². The van der Waals surface area contributed by atoms with E-state index in [-0.39, 0.29) is 6.10 Å². The molecule has 1 heterocycles. The number of benzene rings is 2. The van der Waals surface area contributed by atoms with Crippen LogP contribution in [0.1, 0.15) is 18.4 Å². The molecule has 4 nitrogen and oxygen atoms in total. The van der Waals surface area contributed by atoms with Crippen LogP contribution in [0.2, 0.25) is 0 Å². The van der Waals surface area contributed by atoms with Crippen LogP contribution in [0, 0.1) is 6.92 Å². The van der Waals surface area contributed by atoms with E-state index in [4.69, 9.17) is 21.7 Å². The van der Waals surface area contributed by atoms with E-state index >= 15 is 0 Å². The summed E-state index contributed by atoms with van der Waals surface area (Å²) in [5.41, 5.74) is 2.14. The highest BCUT2D eigenvalue weighted by Crippen LogP contribution is 2.23. The number of hydrogen-bond acceptors (Lipinski definition) is 3. The lowest BCUT2D eigenvalue weighted by atomic mass is 10.2. The molecule has 2 aromatic carbocycles. The van der Waals surface area contributed by atoms with E-state index in [0.717, 1.165) is 43.2 Å². The SMILES string of the molecule is Cc1ccc(Oc2ccc(NC(=S)NC[C@@H]3CCCO3)cc2)cc1. The first-order valence-electron chi connectivity index (χ1n) is 8.20. The van der Waals surface area contributed by atoms with Crippen molar-refractivity contribution in [2.45, 2.75) is 25.9 Å². The van der Waals surface area contributed by atoms with Crippen LogP contribution in [0.5, 0.6) is 11.5 Å². The molecule has 126 valence electrons. The Kier molecular flexibility index (Phi) is 5.67. The first kappa shape index (κ1) is 16.7. The van der Waals surface area contributed by atoms with Gasteiger partial charge in [0, 0.05) is 18.8 Å². The summed E-state index contributed by atoms with van der Waals surface area (Å²) in [5, 5.41) is 6.98. The van der Waals surface area contributed by atoms with Crippen LogP contribution >= 0.6 is 12.2 Å². The maximum absolute atomic E-state index is 5.82. The van der Waals surface area contributed by atoms with Gasteiger partial charge in [-0.25, -0.2) is 0 Å². The number of nitrogens with one attached hydrogen (secondary N) is 2. The molecule has 0 aliphatic carbocycles. The van der Waals surface area contributed by atoms with Gasteiger partial charge in [-0.1, -0.05) is 17.7 Å². The average molecular weight is 342 g/mol. The lowest BCUT2D eigenvalue weighted by Crippen LogP contribution is -2.34. The number of rotatable bonds is 5. The molecule has 1 aliphatic rings. The van der Waals surface area contributed by atoms with Crippen LogP contribution in [0.25, 0.3) is 0 Å². The molecule has 1 aliphatic heterocycles. The smallest absolute Gasteiger partial charge is 0.170 e. The van der Waals surface area contributed by atoms with Gasteiger partial charge in [0.25, 0.3) is 0 Å². The van der Waals surface area contributed by atoms with Crippen LogP contribution in [-0.4, -0.2) is 24.4 Å². The Morgan fingerprint density at radius 2 is 1.79 bits per heavy atom. The monoisotopic (exact) mass is 342 g/mol. The molecule has 1 fully saturated rings. The summed E-state index contributed by atoms with van der Waals surface area (Å²) in [6.07, 6.45) is 2.50. The molecule has 3 rings (SSSR count). The molecule has 0 radical (unpaired) electrons. The van der Waals surface area contributed by atoms with Crippen molar-refractivity contribution in [3.8, 4) is 11.5 Å². The van der Waals surface area contributed by atoms with Gasteiger partial charge in [0.15, 0.2) is 5.11 Å². The van der Waals surface area contributed by atoms with Gasteiger partial charge in [-0.2, -0.15) is 0 Å². The number of ether oxygens (including phenoxy) is 2. The Labute approximate surface area is 148 Å². The maximum atomic E-state index is 5.82. The number of aryl methyl sites for hydroxylation is 1. The van der Waals surface area contributed by atoms with Crippen molar-refractivity contribution in [2.75, 3.05) is 18.5 Å². The Morgan fingerprint density at radius 1 is 1.12 bits per heavy atom. The van der Waals surface area contributed by atoms with Crippen molar-refractivity contribution in [3.63, 3.8) is 0 Å². The zero-order valence-electron chi connectivity index (χ0n) is 13.7. The summed E-state index contributed by atoms with van der Waals surface area (Å²) >= 11 is 5.31. The first-order chi connectivity index (χ1) is 11.7. The maximum Gasteiger partial charge on any atom is 0.170 e. The summed E-state index contributed by atoms with van der Waals surface area (Å²) in [5.74, 6) is 1.62. The third kappa shape index (κ3) is 4.94. The Balaban J connectivity index is 1.48. The van der Waals surface area contributed by atoms with E-state index in [1.807, 2.05) is 48.5 Å². The molecule has 5 heteroatoms. The third-order valence-electron chi connectivity index (χ3n) is 3.88. The molecule has 0 unspecified atom stereocenters. The van der Waals surface area contributed by atoms with Crippen LogP contribution in [0.3, 0.4) is 0 Å². The van der Waals surface area contributed by atoms with Gasteiger partial charge < -0.3 is 20.1 Å². The van der Waals surface area contributed by atoms with Gasteiger partial charge >= 0.3 is 0 Å². The molecular weight excluding hydrogens is 320 g/mol. The standard InChI is InChI=1S/C19H22N2O2S/c1-14-4-8-16(9-5-14)23-17-10-6-15(7-11-17)21-19(24)20-13-18-3-2-12-22-18/h4-11,18H,2-3,12-13H2,1H3,(H2,20,21,24)/t18-/m0/s1. The number of anilines is 1. The predicted octanol–water partition coefficient (Wildman–Crippen LogP) is 4.25. The molecule has 1 atom stereocenters. The molecule has 0 aromatic heterocycles. The summed E-state index contributed by atoms with van der Waals surface area (Å²) in [7, 11) is 0. The fraction of sp³-hybridized carbons (Fsp3) is 0.316. The molecule has 1 saturated heterocycles. The molecule has 0 bridgehead atoms. The number of hydrogen-bond donors (Lipinski definition) is 2. The topological polar surface area (TPSA) is 42.5 Å². The molecule has 2 aromatic rings. The van der Waals surface area contributed by atoms with Crippen molar-refractivity contribution < 1.29 is 9.47 Å². The molecule has 2 N–H and O–H groups in total. The quantitative estimate of drug-likeness (QED) is 0.795. The summed E-state index contributed by atoms with van der Waals surface area (Å²) < 4.78 is 11.4. The fourth-order valence-electron chi connectivity index (χ4n) is 2.54. The van der Waals surface area contributed by atoms with E-state index in [2.05, 4.69) is 17.6 Å². The highest BCUT2D eigenvalue weighted by molar-refractivity contribution is 7.80. The molecule has 0 saturated carbocycles. The molecular formula is C19H22N2O2S. The Hall–Kier alpha value is -2.11. The van der Waals surface area contributed by atoms with Crippen molar-refractivity contribution in [1.29, 1.82) is 0 Å². The van der Waals surface area contributed by atoms with E-state index in [0.29, 0.717) is 5.11 Å². The summed E-state index contributed by atoms with van der Waals surface area (Å²) in [6.45, 7) is 3.66. The van der Waals surface area contributed by atoms with E-state index in [1.54, 1.807) is 0 Å². The van der Waals surface area contributed by atoms with Gasteiger partial charge in [0.05, 0.1) is 6.10 Å². The Morgan fingerprint density at radius 3 is 2.42 bits per heavy atom. The second-order valence-electron chi connectivity index (χ2n) is 5.91.